The molecule has 1 fully saturated rings. The Morgan fingerprint density at radius 1 is 1.15 bits per heavy atom. The van der Waals surface area contributed by atoms with E-state index in [0.717, 1.165) is 26.0 Å². The summed E-state index contributed by atoms with van der Waals surface area (Å²) >= 11 is 7.40. The van der Waals surface area contributed by atoms with E-state index in [0.29, 0.717) is 5.69 Å². The maximum Gasteiger partial charge on any atom is 0.270 e. The van der Waals surface area contributed by atoms with Crippen molar-refractivity contribution < 1.29 is 14.3 Å². The Balaban J connectivity index is 2.03. The molecule has 3 rings (SSSR count). The lowest BCUT2D eigenvalue weighted by Gasteiger charge is -2.30. The number of carbonyl (C=O) groups excluding carboxylic acids is 2. The molecular formula is C20H17IN2O3S. The van der Waals surface area contributed by atoms with Crippen LogP contribution < -0.4 is 15.0 Å². The second-order valence-corrected chi connectivity index (χ2v) is 7.69. The molecule has 27 heavy (non-hydrogen) atoms. The fourth-order valence-electron chi connectivity index (χ4n) is 2.87. The second-order valence-electron chi connectivity index (χ2n) is 6.14. The molecule has 1 heterocycles. The summed E-state index contributed by atoms with van der Waals surface area (Å²) in [6.07, 6.45) is 1.57. The number of nitrogens with zero attached hydrogens (tertiary/aromatic N) is 1. The number of aryl methyl sites for hydroxylation is 2. The van der Waals surface area contributed by atoms with E-state index >= 15 is 0 Å². The molecule has 0 unspecified atom stereocenters. The highest BCUT2D eigenvalue weighted by Crippen LogP contribution is 2.27. The number of ether oxygens (including phenoxy) is 1. The van der Waals surface area contributed by atoms with Gasteiger partial charge in [0.15, 0.2) is 5.11 Å². The summed E-state index contributed by atoms with van der Waals surface area (Å²) in [6.45, 7) is 3.88. The first-order valence-corrected chi connectivity index (χ1v) is 9.62. The van der Waals surface area contributed by atoms with E-state index in [4.69, 9.17) is 17.0 Å². The van der Waals surface area contributed by atoms with Crippen LogP contribution in [0.2, 0.25) is 0 Å². The molecule has 0 aromatic heterocycles. The number of nitrogens with one attached hydrogen (secondary N) is 1. The van der Waals surface area contributed by atoms with Gasteiger partial charge in [-0.3, -0.25) is 19.8 Å². The molecule has 0 aliphatic carbocycles. The van der Waals surface area contributed by atoms with Crippen LogP contribution in [-0.2, 0) is 9.59 Å². The third-order valence-corrected chi connectivity index (χ3v) is 5.31. The van der Waals surface area contributed by atoms with Crippen molar-refractivity contribution in [2.45, 2.75) is 13.8 Å². The fourth-order valence-corrected chi connectivity index (χ4v) is 3.91. The lowest BCUT2D eigenvalue weighted by atomic mass is 10.0. The van der Waals surface area contributed by atoms with Crippen LogP contribution in [0.25, 0.3) is 6.08 Å². The maximum atomic E-state index is 13.1. The SMILES string of the molecule is COc1ccc(/C=C2\C(=O)NC(=S)N(c3ccc(C)cc3C)C2=O)cc1I. The Labute approximate surface area is 176 Å². The standard InChI is InChI=1S/C20H17IN2O3S/c1-11-4-6-16(12(2)8-11)23-19(25)14(18(24)22-20(23)27)9-13-5-7-17(26-3)15(21)10-13/h4-10H,1-3H3,(H,22,24,27)/b14-9+. The highest BCUT2D eigenvalue weighted by molar-refractivity contribution is 14.1. The monoisotopic (exact) mass is 492 g/mol. The Bertz CT molecular complexity index is 1000. The van der Waals surface area contributed by atoms with E-state index in [1.54, 1.807) is 25.3 Å². The van der Waals surface area contributed by atoms with Gasteiger partial charge in [-0.05, 0) is 84.1 Å². The summed E-state index contributed by atoms with van der Waals surface area (Å²) in [4.78, 5) is 26.8. The Morgan fingerprint density at radius 3 is 2.52 bits per heavy atom. The lowest BCUT2D eigenvalue weighted by Crippen LogP contribution is -2.54. The summed E-state index contributed by atoms with van der Waals surface area (Å²) in [5.74, 6) is -0.214. The van der Waals surface area contributed by atoms with Crippen LogP contribution >= 0.6 is 34.8 Å². The van der Waals surface area contributed by atoms with Crippen LogP contribution in [0.3, 0.4) is 0 Å². The van der Waals surface area contributed by atoms with E-state index in [-0.39, 0.29) is 10.7 Å². The summed E-state index contributed by atoms with van der Waals surface area (Å²) in [5, 5.41) is 2.69. The number of anilines is 1. The number of halogens is 1. The van der Waals surface area contributed by atoms with Gasteiger partial charge in [-0.15, -0.1) is 0 Å². The summed E-state index contributed by atoms with van der Waals surface area (Å²) in [5.41, 5.74) is 3.40. The van der Waals surface area contributed by atoms with Gasteiger partial charge in [0.1, 0.15) is 11.3 Å². The van der Waals surface area contributed by atoms with E-state index in [1.165, 1.54) is 4.90 Å². The van der Waals surface area contributed by atoms with Crippen LogP contribution in [0.4, 0.5) is 5.69 Å². The first-order valence-electron chi connectivity index (χ1n) is 8.14. The average Bonchev–Trinajstić information content (AvgIpc) is 2.60. The van der Waals surface area contributed by atoms with Crippen LogP contribution in [-0.4, -0.2) is 24.0 Å². The Hall–Kier alpha value is -2.26. The second kappa shape index (κ2) is 7.77. The molecule has 0 saturated carbocycles. The molecular weight excluding hydrogens is 475 g/mol. The normalized spacial score (nSPS) is 15.9. The first-order chi connectivity index (χ1) is 12.8. The van der Waals surface area contributed by atoms with Crippen molar-refractivity contribution in [1.82, 2.24) is 5.32 Å². The third kappa shape index (κ3) is 3.89. The molecule has 0 spiro atoms. The van der Waals surface area contributed by atoms with Crippen molar-refractivity contribution in [3.63, 3.8) is 0 Å². The molecule has 2 aromatic carbocycles. The van der Waals surface area contributed by atoms with Gasteiger partial charge in [0.05, 0.1) is 16.4 Å². The molecule has 1 aliphatic rings. The topological polar surface area (TPSA) is 58.6 Å². The van der Waals surface area contributed by atoms with Crippen molar-refractivity contribution >= 4 is 63.5 Å². The molecule has 2 amide bonds. The summed E-state index contributed by atoms with van der Waals surface area (Å²) in [6, 6.07) is 11.2. The minimum absolute atomic E-state index is 0.0320. The van der Waals surface area contributed by atoms with Crippen molar-refractivity contribution in [1.29, 1.82) is 0 Å². The zero-order chi connectivity index (χ0) is 19.7. The van der Waals surface area contributed by atoms with Crippen molar-refractivity contribution in [3.05, 3.63) is 62.2 Å². The van der Waals surface area contributed by atoms with Crippen LogP contribution in [0, 0.1) is 17.4 Å². The van der Waals surface area contributed by atoms with Crippen molar-refractivity contribution in [2.75, 3.05) is 12.0 Å². The van der Waals surface area contributed by atoms with E-state index in [1.807, 2.05) is 38.1 Å². The Morgan fingerprint density at radius 2 is 1.89 bits per heavy atom. The third-order valence-electron chi connectivity index (χ3n) is 4.18. The molecule has 0 atom stereocenters. The number of thiocarbonyl (C=S) groups is 1. The van der Waals surface area contributed by atoms with Crippen molar-refractivity contribution in [2.24, 2.45) is 0 Å². The molecule has 138 valence electrons. The molecule has 7 heteroatoms. The van der Waals surface area contributed by atoms with Gasteiger partial charge in [-0.25, -0.2) is 0 Å². The number of methoxy groups -OCH3 is 1. The van der Waals surface area contributed by atoms with Crippen LogP contribution in [0.5, 0.6) is 5.75 Å². The van der Waals surface area contributed by atoms with E-state index < -0.39 is 11.8 Å². The first kappa shape index (κ1) is 19.5. The van der Waals surface area contributed by atoms with Gasteiger partial charge >= 0.3 is 0 Å². The predicted octanol–water partition coefficient (Wildman–Crippen LogP) is 3.75. The number of amides is 2. The summed E-state index contributed by atoms with van der Waals surface area (Å²) in [7, 11) is 1.59. The van der Waals surface area contributed by atoms with Gasteiger partial charge in [-0.1, -0.05) is 23.8 Å². The smallest absolute Gasteiger partial charge is 0.270 e. The van der Waals surface area contributed by atoms with Gasteiger partial charge in [0.2, 0.25) is 0 Å². The minimum Gasteiger partial charge on any atom is -0.496 e. The molecule has 1 aliphatic heterocycles. The fraction of sp³-hybridized carbons (Fsp3) is 0.150. The molecule has 1 saturated heterocycles. The number of carbonyl (C=O) groups is 2. The summed E-state index contributed by atoms with van der Waals surface area (Å²) < 4.78 is 6.13. The van der Waals surface area contributed by atoms with Gasteiger partial charge in [0.25, 0.3) is 11.8 Å². The van der Waals surface area contributed by atoms with Gasteiger partial charge < -0.3 is 4.74 Å². The zero-order valence-electron chi connectivity index (χ0n) is 15.0. The maximum absolute atomic E-state index is 13.1. The quantitative estimate of drug-likeness (QED) is 0.307. The van der Waals surface area contributed by atoms with Crippen LogP contribution in [0.1, 0.15) is 16.7 Å². The molecule has 2 aromatic rings. The number of benzene rings is 2. The number of hydrogen-bond donors (Lipinski definition) is 1. The van der Waals surface area contributed by atoms with E-state index in [2.05, 4.69) is 27.9 Å². The predicted molar refractivity (Wildman–Crippen MR) is 118 cm³/mol. The minimum atomic E-state index is -0.503. The highest BCUT2D eigenvalue weighted by Gasteiger charge is 2.35. The van der Waals surface area contributed by atoms with Gasteiger partial charge in [0, 0.05) is 0 Å². The molecule has 5 nitrogen and oxygen atoms in total. The van der Waals surface area contributed by atoms with Crippen molar-refractivity contribution in [3.8, 4) is 5.75 Å². The number of hydrogen-bond acceptors (Lipinski definition) is 4. The molecule has 1 N–H and O–H groups in total. The van der Waals surface area contributed by atoms with Gasteiger partial charge in [-0.2, -0.15) is 0 Å². The largest absolute Gasteiger partial charge is 0.496 e. The molecule has 0 bridgehead atoms. The molecule has 0 radical (unpaired) electrons. The van der Waals surface area contributed by atoms with Crippen LogP contribution in [0.15, 0.2) is 42.0 Å². The Kier molecular flexibility index (Phi) is 5.61. The number of rotatable bonds is 3. The van der Waals surface area contributed by atoms with E-state index in [9.17, 15) is 9.59 Å². The lowest BCUT2D eigenvalue weighted by molar-refractivity contribution is -0.122. The average molecular weight is 492 g/mol. The highest BCUT2D eigenvalue weighted by atomic mass is 127. The zero-order valence-corrected chi connectivity index (χ0v) is 18.0.